The highest BCUT2D eigenvalue weighted by atomic mass is 16.5. The van der Waals surface area contributed by atoms with E-state index in [2.05, 4.69) is 21.0 Å². The first-order valence-electron chi connectivity index (χ1n) is 9.42. The molecule has 0 radical (unpaired) electrons. The second kappa shape index (κ2) is 7.01. The number of likely N-dealkylation sites (tertiary alicyclic amines) is 1. The number of ether oxygens (including phenoxy) is 1. The summed E-state index contributed by atoms with van der Waals surface area (Å²) >= 11 is 0. The van der Waals surface area contributed by atoms with Crippen LogP contribution in [0.5, 0.6) is 0 Å². The third kappa shape index (κ3) is 3.59. The summed E-state index contributed by atoms with van der Waals surface area (Å²) in [5.41, 5.74) is -0.317. The summed E-state index contributed by atoms with van der Waals surface area (Å²) in [4.78, 5) is 31.5. The number of aromatic nitrogens is 4. The second-order valence-corrected chi connectivity index (χ2v) is 7.98. The Hall–Kier alpha value is -2.32. The first-order chi connectivity index (χ1) is 13.0. The Labute approximate surface area is 157 Å². The summed E-state index contributed by atoms with van der Waals surface area (Å²) in [5.74, 6) is 0.779. The molecule has 0 saturated carbocycles. The number of pyridine rings is 1. The maximum Gasteiger partial charge on any atom is 0.332 e. The van der Waals surface area contributed by atoms with Crippen molar-refractivity contribution in [2.24, 2.45) is 5.92 Å². The zero-order chi connectivity index (χ0) is 19.0. The molecule has 144 valence electrons. The summed E-state index contributed by atoms with van der Waals surface area (Å²) in [6.45, 7) is 7.47. The minimum absolute atomic E-state index is 0.240. The Bertz CT molecular complexity index is 937. The van der Waals surface area contributed by atoms with Crippen molar-refractivity contribution >= 4 is 0 Å². The SMILES string of the molecule is CC(C)Cn1nc2n(c(=O)c1=O)CC1(CCN(Cc3cccnc3)C1)OC2. The summed E-state index contributed by atoms with van der Waals surface area (Å²) in [6, 6.07) is 3.99. The van der Waals surface area contributed by atoms with Gasteiger partial charge in [0.15, 0.2) is 5.82 Å². The first kappa shape index (κ1) is 18.1. The number of hydrogen-bond donors (Lipinski definition) is 0. The van der Waals surface area contributed by atoms with E-state index in [1.807, 2.05) is 26.1 Å². The fourth-order valence-corrected chi connectivity index (χ4v) is 3.93. The van der Waals surface area contributed by atoms with Crippen molar-refractivity contribution in [2.45, 2.75) is 52.1 Å². The van der Waals surface area contributed by atoms with Gasteiger partial charge in [-0.25, -0.2) is 4.68 Å². The topological polar surface area (TPSA) is 82.3 Å². The fraction of sp³-hybridized carbons (Fsp3) is 0.579. The van der Waals surface area contributed by atoms with E-state index < -0.39 is 16.7 Å². The van der Waals surface area contributed by atoms with Crippen molar-refractivity contribution < 1.29 is 4.74 Å². The molecule has 4 rings (SSSR count). The quantitative estimate of drug-likeness (QED) is 0.734. The van der Waals surface area contributed by atoms with Crippen LogP contribution in [0.1, 0.15) is 31.7 Å². The highest BCUT2D eigenvalue weighted by Gasteiger charge is 2.43. The van der Waals surface area contributed by atoms with Crippen LogP contribution in [-0.2, 0) is 31.0 Å². The molecule has 2 aromatic heterocycles. The molecule has 0 amide bonds. The largest absolute Gasteiger partial charge is 0.364 e. The van der Waals surface area contributed by atoms with E-state index in [1.165, 1.54) is 9.25 Å². The summed E-state index contributed by atoms with van der Waals surface area (Å²) in [5, 5.41) is 4.38. The van der Waals surface area contributed by atoms with Crippen LogP contribution in [0.2, 0.25) is 0 Å². The minimum Gasteiger partial charge on any atom is -0.364 e. The van der Waals surface area contributed by atoms with Crippen LogP contribution in [0, 0.1) is 5.92 Å². The molecular formula is C19H25N5O3. The Morgan fingerprint density at radius 3 is 2.85 bits per heavy atom. The standard InChI is InChI=1S/C19H25N5O3/c1-14(2)9-24-18(26)17(25)23-13-19(27-11-16(23)21-24)5-7-22(12-19)10-15-4-3-6-20-8-15/h3-4,6,8,14H,5,7,9-13H2,1-2H3. The zero-order valence-electron chi connectivity index (χ0n) is 15.8. The molecule has 27 heavy (non-hydrogen) atoms. The summed E-state index contributed by atoms with van der Waals surface area (Å²) in [7, 11) is 0. The fourth-order valence-electron chi connectivity index (χ4n) is 3.93. The molecule has 2 aromatic rings. The van der Waals surface area contributed by atoms with Crippen LogP contribution in [0.15, 0.2) is 34.1 Å². The number of fused-ring (bicyclic) bond motifs is 1. The number of rotatable bonds is 4. The van der Waals surface area contributed by atoms with Crippen LogP contribution >= 0.6 is 0 Å². The molecule has 1 saturated heterocycles. The van der Waals surface area contributed by atoms with Gasteiger partial charge in [-0.05, 0) is 24.0 Å². The average molecular weight is 371 g/mol. The number of nitrogens with zero attached hydrogens (tertiary/aromatic N) is 5. The van der Waals surface area contributed by atoms with Crippen LogP contribution in [0.3, 0.4) is 0 Å². The van der Waals surface area contributed by atoms with Gasteiger partial charge in [-0.3, -0.25) is 24.0 Å². The second-order valence-electron chi connectivity index (χ2n) is 7.98. The Kier molecular flexibility index (Phi) is 4.69. The van der Waals surface area contributed by atoms with Crippen molar-refractivity contribution in [3.8, 4) is 0 Å². The smallest absolute Gasteiger partial charge is 0.332 e. The molecule has 1 unspecified atom stereocenters. The highest BCUT2D eigenvalue weighted by Crippen LogP contribution is 2.31. The summed E-state index contributed by atoms with van der Waals surface area (Å²) in [6.07, 6.45) is 4.46. The molecule has 4 heterocycles. The monoisotopic (exact) mass is 371 g/mol. The molecule has 8 heteroatoms. The van der Waals surface area contributed by atoms with E-state index >= 15 is 0 Å². The van der Waals surface area contributed by atoms with Crippen molar-refractivity contribution in [3.63, 3.8) is 0 Å². The van der Waals surface area contributed by atoms with E-state index in [0.29, 0.717) is 18.9 Å². The summed E-state index contributed by atoms with van der Waals surface area (Å²) < 4.78 is 8.99. The lowest BCUT2D eigenvalue weighted by Gasteiger charge is -2.35. The lowest BCUT2D eigenvalue weighted by atomic mass is 10.0. The molecule has 0 aliphatic carbocycles. The van der Waals surface area contributed by atoms with Gasteiger partial charge in [0.05, 0.1) is 6.54 Å². The zero-order valence-corrected chi connectivity index (χ0v) is 15.8. The van der Waals surface area contributed by atoms with Crippen LogP contribution < -0.4 is 11.1 Å². The van der Waals surface area contributed by atoms with Crippen molar-refractivity contribution in [1.82, 2.24) is 24.2 Å². The predicted octanol–water partition coefficient (Wildman–Crippen LogP) is 0.631. The third-order valence-corrected chi connectivity index (χ3v) is 5.23. The van der Waals surface area contributed by atoms with E-state index in [0.717, 1.165) is 31.6 Å². The van der Waals surface area contributed by atoms with Gasteiger partial charge in [0.25, 0.3) is 0 Å². The van der Waals surface area contributed by atoms with Gasteiger partial charge >= 0.3 is 11.1 Å². The molecule has 0 aromatic carbocycles. The van der Waals surface area contributed by atoms with E-state index in [-0.39, 0.29) is 12.5 Å². The van der Waals surface area contributed by atoms with E-state index in [9.17, 15) is 9.59 Å². The van der Waals surface area contributed by atoms with Gasteiger partial charge in [0, 0.05) is 38.6 Å². The molecular weight excluding hydrogens is 346 g/mol. The molecule has 0 N–H and O–H groups in total. The van der Waals surface area contributed by atoms with Gasteiger partial charge in [-0.2, -0.15) is 5.10 Å². The predicted molar refractivity (Wildman–Crippen MR) is 99.2 cm³/mol. The molecule has 8 nitrogen and oxygen atoms in total. The Morgan fingerprint density at radius 2 is 2.11 bits per heavy atom. The normalized spacial score (nSPS) is 22.5. The maximum atomic E-state index is 12.6. The van der Waals surface area contributed by atoms with Crippen LogP contribution in [-0.4, -0.2) is 42.9 Å². The third-order valence-electron chi connectivity index (χ3n) is 5.23. The molecule has 1 atom stereocenters. The molecule has 2 aliphatic heterocycles. The van der Waals surface area contributed by atoms with Gasteiger partial charge in [0.2, 0.25) is 0 Å². The van der Waals surface area contributed by atoms with Crippen molar-refractivity contribution in [3.05, 3.63) is 56.6 Å². The maximum absolute atomic E-state index is 12.6. The highest BCUT2D eigenvalue weighted by molar-refractivity contribution is 5.10. The van der Waals surface area contributed by atoms with Crippen LogP contribution in [0.25, 0.3) is 0 Å². The van der Waals surface area contributed by atoms with Crippen molar-refractivity contribution in [2.75, 3.05) is 13.1 Å². The van der Waals surface area contributed by atoms with E-state index in [4.69, 9.17) is 4.74 Å². The van der Waals surface area contributed by atoms with Gasteiger partial charge in [-0.15, -0.1) is 0 Å². The van der Waals surface area contributed by atoms with Gasteiger partial charge in [-0.1, -0.05) is 19.9 Å². The molecule has 1 fully saturated rings. The lowest BCUT2D eigenvalue weighted by molar-refractivity contribution is -0.0859. The van der Waals surface area contributed by atoms with Crippen LogP contribution in [0.4, 0.5) is 0 Å². The molecule has 2 aliphatic rings. The Morgan fingerprint density at radius 1 is 1.26 bits per heavy atom. The lowest BCUT2D eigenvalue weighted by Crippen LogP contribution is -2.53. The molecule has 0 bridgehead atoms. The van der Waals surface area contributed by atoms with Gasteiger partial charge in [0.1, 0.15) is 12.2 Å². The minimum atomic E-state index is -0.547. The molecule has 1 spiro atoms. The van der Waals surface area contributed by atoms with Gasteiger partial charge < -0.3 is 4.74 Å². The average Bonchev–Trinajstić information content (AvgIpc) is 3.03. The van der Waals surface area contributed by atoms with Crippen molar-refractivity contribution in [1.29, 1.82) is 0 Å². The first-order valence-corrected chi connectivity index (χ1v) is 9.42. The Balaban J connectivity index is 1.54. The number of hydrogen-bond acceptors (Lipinski definition) is 6. The van der Waals surface area contributed by atoms with E-state index in [1.54, 1.807) is 6.20 Å².